The highest BCUT2D eigenvalue weighted by molar-refractivity contribution is 5.68. The normalized spacial score (nSPS) is 22.5. The molecule has 35 heavy (non-hydrogen) atoms. The largest absolute Gasteiger partial charge is 0.418 e. The molecule has 1 aliphatic rings. The summed E-state index contributed by atoms with van der Waals surface area (Å²) in [5, 5.41) is 29.6. The van der Waals surface area contributed by atoms with Crippen molar-refractivity contribution < 1.29 is 33.2 Å². The molecule has 0 saturated carbocycles. The molecule has 1 fully saturated rings. The Morgan fingerprint density at radius 3 is 2.40 bits per heavy atom. The Morgan fingerprint density at radius 2 is 1.74 bits per heavy atom. The minimum Gasteiger partial charge on any atom is -0.396 e. The van der Waals surface area contributed by atoms with E-state index in [0.717, 1.165) is 16.8 Å². The Balaban J connectivity index is 1.79. The van der Waals surface area contributed by atoms with Gasteiger partial charge >= 0.3 is 11.9 Å². The number of aliphatic hydroxyl groups excluding tert-OH is 3. The van der Waals surface area contributed by atoms with Crippen LogP contribution in [0, 0.1) is 0 Å². The van der Waals surface area contributed by atoms with Crippen LogP contribution in [0.25, 0.3) is 11.1 Å². The zero-order valence-corrected chi connectivity index (χ0v) is 18.2. The lowest BCUT2D eigenvalue weighted by atomic mass is 9.98. The van der Waals surface area contributed by atoms with Gasteiger partial charge in [0.25, 0.3) is 5.56 Å². The summed E-state index contributed by atoms with van der Waals surface area (Å²) in [5.41, 5.74) is -3.43. The van der Waals surface area contributed by atoms with Gasteiger partial charge in [-0.25, -0.2) is 4.79 Å². The van der Waals surface area contributed by atoms with Crippen LogP contribution in [0.4, 0.5) is 13.2 Å². The van der Waals surface area contributed by atoms with E-state index in [0.29, 0.717) is 4.57 Å². The molecule has 4 atom stereocenters. The second kappa shape index (κ2) is 9.74. The highest BCUT2D eigenvalue weighted by atomic mass is 19.4. The maximum atomic E-state index is 14.1. The second-order valence-corrected chi connectivity index (χ2v) is 8.03. The lowest BCUT2D eigenvalue weighted by Crippen LogP contribution is -2.43. The molecule has 0 spiro atoms. The van der Waals surface area contributed by atoms with E-state index in [4.69, 9.17) is 9.84 Å². The first kappa shape index (κ1) is 24.8. The molecule has 0 radical (unpaired) electrons. The molecule has 186 valence electrons. The molecule has 3 heterocycles. The number of ether oxygens (including phenoxy) is 1. The van der Waals surface area contributed by atoms with Crippen molar-refractivity contribution in [2.24, 2.45) is 0 Å². The number of halogens is 3. The van der Waals surface area contributed by atoms with Crippen LogP contribution < -0.4 is 11.2 Å². The molecular formula is C23H22F3N3O6. The van der Waals surface area contributed by atoms with Gasteiger partial charge in [-0.2, -0.15) is 13.2 Å². The van der Waals surface area contributed by atoms with Gasteiger partial charge in [-0.3, -0.25) is 18.9 Å². The van der Waals surface area contributed by atoms with Gasteiger partial charge in [-0.1, -0.05) is 30.3 Å². The number of hydrogen-bond donors (Lipinski definition) is 3. The van der Waals surface area contributed by atoms with E-state index in [-0.39, 0.29) is 24.2 Å². The van der Waals surface area contributed by atoms with Crippen LogP contribution in [0.15, 0.2) is 64.4 Å². The highest BCUT2D eigenvalue weighted by Gasteiger charge is 2.44. The fourth-order valence-electron chi connectivity index (χ4n) is 4.14. The average molecular weight is 493 g/mol. The van der Waals surface area contributed by atoms with E-state index < -0.39 is 59.8 Å². The molecule has 0 bridgehead atoms. The maximum absolute atomic E-state index is 14.1. The first-order valence-corrected chi connectivity index (χ1v) is 10.7. The SMILES string of the molecule is O=c1ccn(C2OC(CCO)C(O)C2O)c(=O)n1Cc1nccc(-c2ccccc2)c1C(F)(F)F. The molecule has 3 N–H and O–H groups in total. The second-order valence-electron chi connectivity index (χ2n) is 8.03. The molecule has 3 aromatic rings. The summed E-state index contributed by atoms with van der Waals surface area (Å²) in [5.74, 6) is 0. The lowest BCUT2D eigenvalue weighted by Gasteiger charge is -2.20. The van der Waals surface area contributed by atoms with Gasteiger partial charge in [-0.15, -0.1) is 0 Å². The van der Waals surface area contributed by atoms with Gasteiger partial charge in [-0.05, 0) is 23.6 Å². The van der Waals surface area contributed by atoms with Crippen LogP contribution >= 0.6 is 0 Å². The van der Waals surface area contributed by atoms with Crippen LogP contribution in [0.2, 0.25) is 0 Å². The first-order chi connectivity index (χ1) is 16.6. The van der Waals surface area contributed by atoms with Crippen LogP contribution in [0.1, 0.15) is 23.9 Å². The quantitative estimate of drug-likeness (QED) is 0.470. The Hall–Kier alpha value is -3.32. The third-order valence-corrected chi connectivity index (χ3v) is 5.83. The van der Waals surface area contributed by atoms with Crippen molar-refractivity contribution in [1.82, 2.24) is 14.1 Å². The van der Waals surface area contributed by atoms with E-state index in [9.17, 15) is 33.0 Å². The number of alkyl halides is 3. The average Bonchev–Trinajstić information content (AvgIpc) is 3.10. The topological polar surface area (TPSA) is 127 Å². The lowest BCUT2D eigenvalue weighted by molar-refractivity contribution is -0.138. The van der Waals surface area contributed by atoms with Gasteiger partial charge < -0.3 is 20.1 Å². The smallest absolute Gasteiger partial charge is 0.396 e. The third-order valence-electron chi connectivity index (χ3n) is 5.83. The van der Waals surface area contributed by atoms with Crippen molar-refractivity contribution in [1.29, 1.82) is 0 Å². The first-order valence-electron chi connectivity index (χ1n) is 10.7. The third kappa shape index (κ3) is 4.78. The van der Waals surface area contributed by atoms with Crippen molar-refractivity contribution >= 4 is 0 Å². The Morgan fingerprint density at radius 1 is 1.03 bits per heavy atom. The van der Waals surface area contributed by atoms with Crippen LogP contribution in [0.5, 0.6) is 0 Å². The molecule has 4 unspecified atom stereocenters. The fraction of sp³-hybridized carbons (Fsp3) is 0.348. The summed E-state index contributed by atoms with van der Waals surface area (Å²) in [6, 6.07) is 9.98. The number of aromatic nitrogens is 3. The van der Waals surface area contributed by atoms with E-state index in [2.05, 4.69) is 4.98 Å². The van der Waals surface area contributed by atoms with Crippen molar-refractivity contribution in [3.63, 3.8) is 0 Å². The molecule has 4 rings (SSSR count). The van der Waals surface area contributed by atoms with Gasteiger partial charge in [0.1, 0.15) is 12.2 Å². The summed E-state index contributed by atoms with van der Waals surface area (Å²) in [4.78, 5) is 29.4. The number of nitrogens with zero attached hydrogens (tertiary/aromatic N) is 3. The molecule has 1 aromatic carbocycles. The number of pyridine rings is 1. The highest BCUT2D eigenvalue weighted by Crippen LogP contribution is 2.38. The predicted molar refractivity (Wildman–Crippen MR) is 116 cm³/mol. The van der Waals surface area contributed by atoms with E-state index in [1.165, 1.54) is 24.4 Å². The molecule has 9 nitrogen and oxygen atoms in total. The number of hydrogen-bond acceptors (Lipinski definition) is 7. The van der Waals surface area contributed by atoms with Crippen molar-refractivity contribution in [2.75, 3.05) is 6.61 Å². The Labute approximate surface area is 196 Å². The van der Waals surface area contributed by atoms with Gasteiger partial charge in [0.05, 0.1) is 23.9 Å². The Kier molecular flexibility index (Phi) is 6.90. The number of rotatable bonds is 6. The zero-order chi connectivity index (χ0) is 25.3. The molecule has 0 aliphatic carbocycles. The van der Waals surface area contributed by atoms with Gasteiger partial charge in [0.15, 0.2) is 6.23 Å². The summed E-state index contributed by atoms with van der Waals surface area (Å²) < 4.78 is 49.2. The summed E-state index contributed by atoms with van der Waals surface area (Å²) in [6.07, 6.45) is -8.03. The maximum Gasteiger partial charge on any atom is 0.418 e. The fourth-order valence-corrected chi connectivity index (χ4v) is 4.14. The van der Waals surface area contributed by atoms with Gasteiger partial charge in [0.2, 0.25) is 0 Å². The van der Waals surface area contributed by atoms with Crippen LogP contribution in [0.3, 0.4) is 0 Å². The molecule has 0 amide bonds. The van der Waals surface area contributed by atoms with Crippen molar-refractivity contribution in [2.45, 2.75) is 43.7 Å². The minimum absolute atomic E-state index is 0.0196. The summed E-state index contributed by atoms with van der Waals surface area (Å²) in [6.45, 7) is -1.14. The standard InChI is InChI=1S/C23H22F3N3O6/c24-23(25,26)18-14(13-4-2-1-3-5-13)6-9-27-15(18)12-29-17(31)7-10-28(22(29)34)21-20(33)19(32)16(35-21)8-11-30/h1-7,9-10,16,19-21,30,32-33H,8,11-12H2. The predicted octanol–water partition coefficient (Wildman–Crippen LogP) is 1.14. The summed E-state index contributed by atoms with van der Waals surface area (Å²) in [7, 11) is 0. The molecule has 1 saturated heterocycles. The molecule has 1 aliphatic heterocycles. The van der Waals surface area contributed by atoms with Crippen LogP contribution in [-0.2, 0) is 17.5 Å². The summed E-state index contributed by atoms with van der Waals surface area (Å²) >= 11 is 0. The Bertz CT molecular complexity index is 1310. The minimum atomic E-state index is -4.83. The van der Waals surface area contributed by atoms with Crippen LogP contribution in [-0.4, -0.2) is 54.4 Å². The zero-order valence-electron chi connectivity index (χ0n) is 18.2. The van der Waals surface area contributed by atoms with Crippen molar-refractivity contribution in [3.8, 4) is 11.1 Å². The van der Waals surface area contributed by atoms with Gasteiger partial charge in [0, 0.05) is 25.1 Å². The number of aliphatic hydroxyl groups is 3. The monoisotopic (exact) mass is 493 g/mol. The van der Waals surface area contributed by atoms with E-state index >= 15 is 0 Å². The van der Waals surface area contributed by atoms with E-state index in [1.54, 1.807) is 18.2 Å². The molecule has 2 aromatic heterocycles. The van der Waals surface area contributed by atoms with Crippen molar-refractivity contribution in [3.05, 3.63) is 87.0 Å². The van der Waals surface area contributed by atoms with E-state index in [1.807, 2.05) is 0 Å². The molecular weight excluding hydrogens is 471 g/mol. The number of benzene rings is 1. The molecule has 12 heteroatoms.